The second kappa shape index (κ2) is 5.36. The standard InChI is InChI=1S/C19H21NO/c1-13(2)14-8-10-15(11-9-14)18-12-16-6-4-5-7-17(16)19(21)20(18)3/h4-11,13,18H,12H2,1-3H3. The van der Waals surface area contributed by atoms with Crippen molar-refractivity contribution in [2.45, 2.75) is 32.2 Å². The third kappa shape index (κ3) is 2.46. The second-order valence-corrected chi connectivity index (χ2v) is 6.11. The van der Waals surface area contributed by atoms with Crippen molar-refractivity contribution in [1.82, 2.24) is 4.90 Å². The highest BCUT2D eigenvalue weighted by atomic mass is 16.2. The van der Waals surface area contributed by atoms with Crippen LogP contribution in [0.15, 0.2) is 48.5 Å². The van der Waals surface area contributed by atoms with Gasteiger partial charge in [0.2, 0.25) is 0 Å². The van der Waals surface area contributed by atoms with Crippen molar-refractivity contribution in [3.63, 3.8) is 0 Å². The zero-order valence-corrected chi connectivity index (χ0v) is 12.8. The first-order chi connectivity index (χ1) is 10.1. The van der Waals surface area contributed by atoms with E-state index in [2.05, 4.69) is 44.2 Å². The fourth-order valence-electron chi connectivity index (χ4n) is 3.03. The summed E-state index contributed by atoms with van der Waals surface area (Å²) in [6.07, 6.45) is 0.888. The summed E-state index contributed by atoms with van der Waals surface area (Å²) >= 11 is 0. The van der Waals surface area contributed by atoms with E-state index in [9.17, 15) is 4.79 Å². The van der Waals surface area contributed by atoms with Crippen molar-refractivity contribution in [3.05, 3.63) is 70.8 Å². The van der Waals surface area contributed by atoms with Gasteiger partial charge < -0.3 is 4.90 Å². The Morgan fingerprint density at radius 3 is 2.38 bits per heavy atom. The van der Waals surface area contributed by atoms with E-state index in [-0.39, 0.29) is 11.9 Å². The number of nitrogens with zero attached hydrogens (tertiary/aromatic N) is 1. The van der Waals surface area contributed by atoms with Crippen LogP contribution in [0.2, 0.25) is 0 Å². The fraction of sp³-hybridized carbons (Fsp3) is 0.316. The number of rotatable bonds is 2. The molecule has 1 atom stereocenters. The predicted molar refractivity (Wildman–Crippen MR) is 85.5 cm³/mol. The molecule has 21 heavy (non-hydrogen) atoms. The van der Waals surface area contributed by atoms with E-state index < -0.39 is 0 Å². The third-order valence-corrected chi connectivity index (χ3v) is 4.44. The average molecular weight is 279 g/mol. The molecule has 3 rings (SSSR count). The van der Waals surface area contributed by atoms with Crippen molar-refractivity contribution in [3.8, 4) is 0 Å². The lowest BCUT2D eigenvalue weighted by molar-refractivity contribution is 0.0705. The molecule has 0 saturated carbocycles. The Labute approximate surface area is 126 Å². The molecule has 2 aromatic carbocycles. The van der Waals surface area contributed by atoms with Gasteiger partial charge in [0.25, 0.3) is 5.91 Å². The topological polar surface area (TPSA) is 20.3 Å². The van der Waals surface area contributed by atoms with Crippen molar-refractivity contribution in [2.24, 2.45) is 0 Å². The summed E-state index contributed by atoms with van der Waals surface area (Å²) in [6.45, 7) is 4.39. The second-order valence-electron chi connectivity index (χ2n) is 6.11. The van der Waals surface area contributed by atoms with Crippen LogP contribution < -0.4 is 0 Å². The summed E-state index contributed by atoms with van der Waals surface area (Å²) < 4.78 is 0. The molecular weight excluding hydrogens is 258 g/mol. The molecule has 0 bridgehead atoms. The van der Waals surface area contributed by atoms with Gasteiger partial charge in [-0.3, -0.25) is 4.79 Å². The molecule has 2 heteroatoms. The number of benzene rings is 2. The van der Waals surface area contributed by atoms with Gasteiger partial charge in [0, 0.05) is 12.6 Å². The number of carbonyl (C=O) groups excluding carboxylic acids is 1. The Morgan fingerprint density at radius 2 is 1.71 bits per heavy atom. The van der Waals surface area contributed by atoms with E-state index in [1.807, 2.05) is 30.1 Å². The highest BCUT2D eigenvalue weighted by molar-refractivity contribution is 5.97. The number of hydrogen-bond donors (Lipinski definition) is 0. The molecule has 0 fully saturated rings. The Balaban J connectivity index is 1.95. The van der Waals surface area contributed by atoms with Crippen LogP contribution in [0.1, 0.15) is 52.9 Å². The molecule has 0 saturated heterocycles. The van der Waals surface area contributed by atoms with E-state index in [1.54, 1.807) is 0 Å². The van der Waals surface area contributed by atoms with E-state index in [4.69, 9.17) is 0 Å². The van der Waals surface area contributed by atoms with Gasteiger partial charge in [0.15, 0.2) is 0 Å². The van der Waals surface area contributed by atoms with Gasteiger partial charge in [0.1, 0.15) is 0 Å². The lowest BCUT2D eigenvalue weighted by Gasteiger charge is -2.34. The van der Waals surface area contributed by atoms with Crippen LogP contribution in [0, 0.1) is 0 Å². The number of hydrogen-bond acceptors (Lipinski definition) is 1. The minimum Gasteiger partial charge on any atom is -0.334 e. The number of carbonyl (C=O) groups is 1. The molecule has 2 aromatic rings. The average Bonchev–Trinajstić information content (AvgIpc) is 2.51. The van der Waals surface area contributed by atoms with Crippen LogP contribution in [0.4, 0.5) is 0 Å². The maximum Gasteiger partial charge on any atom is 0.254 e. The van der Waals surface area contributed by atoms with E-state index in [0.29, 0.717) is 5.92 Å². The van der Waals surface area contributed by atoms with Crippen molar-refractivity contribution < 1.29 is 4.79 Å². The largest absolute Gasteiger partial charge is 0.334 e. The molecule has 0 spiro atoms. The molecule has 0 aromatic heterocycles. The summed E-state index contributed by atoms with van der Waals surface area (Å²) in [5.41, 5.74) is 4.54. The van der Waals surface area contributed by atoms with Crippen molar-refractivity contribution in [1.29, 1.82) is 0 Å². The molecule has 108 valence electrons. The Morgan fingerprint density at radius 1 is 1.05 bits per heavy atom. The highest BCUT2D eigenvalue weighted by Crippen LogP contribution is 2.32. The highest BCUT2D eigenvalue weighted by Gasteiger charge is 2.30. The predicted octanol–water partition coefficient (Wildman–Crippen LogP) is 4.18. The number of likely N-dealkylation sites (N-methyl/N-ethyl adjacent to an activating group) is 1. The zero-order valence-electron chi connectivity index (χ0n) is 12.8. The Hall–Kier alpha value is -2.09. The lowest BCUT2D eigenvalue weighted by atomic mass is 9.89. The van der Waals surface area contributed by atoms with Crippen LogP contribution in [0.3, 0.4) is 0 Å². The smallest absolute Gasteiger partial charge is 0.254 e. The van der Waals surface area contributed by atoms with Crippen molar-refractivity contribution in [2.75, 3.05) is 7.05 Å². The molecule has 1 unspecified atom stereocenters. The van der Waals surface area contributed by atoms with E-state index in [0.717, 1.165) is 17.5 Å². The first-order valence-electron chi connectivity index (χ1n) is 7.53. The first-order valence-corrected chi connectivity index (χ1v) is 7.53. The van der Waals surface area contributed by atoms with Gasteiger partial charge in [0.05, 0.1) is 6.04 Å². The van der Waals surface area contributed by atoms with Crippen LogP contribution >= 0.6 is 0 Å². The minimum atomic E-state index is 0.120. The van der Waals surface area contributed by atoms with Gasteiger partial charge in [-0.15, -0.1) is 0 Å². The molecule has 0 N–H and O–H groups in total. The Bertz CT molecular complexity index is 658. The Kier molecular flexibility index (Phi) is 3.54. The summed E-state index contributed by atoms with van der Waals surface area (Å²) in [7, 11) is 1.90. The van der Waals surface area contributed by atoms with Crippen LogP contribution in [0.5, 0.6) is 0 Å². The maximum absolute atomic E-state index is 12.5. The first kappa shape index (κ1) is 13.9. The number of amides is 1. The molecule has 1 aliphatic heterocycles. The maximum atomic E-state index is 12.5. The van der Waals surface area contributed by atoms with E-state index in [1.165, 1.54) is 11.1 Å². The lowest BCUT2D eigenvalue weighted by Crippen LogP contribution is -2.37. The molecule has 2 nitrogen and oxygen atoms in total. The van der Waals surface area contributed by atoms with Crippen LogP contribution in [0.25, 0.3) is 0 Å². The van der Waals surface area contributed by atoms with Gasteiger partial charge in [-0.2, -0.15) is 0 Å². The van der Waals surface area contributed by atoms with Gasteiger partial charge >= 0.3 is 0 Å². The van der Waals surface area contributed by atoms with Gasteiger partial charge in [-0.05, 0) is 35.1 Å². The fourth-order valence-corrected chi connectivity index (χ4v) is 3.03. The SMILES string of the molecule is CC(C)c1ccc(C2Cc3ccccc3C(=O)N2C)cc1. The summed E-state index contributed by atoms with van der Waals surface area (Å²) in [5, 5.41) is 0. The summed E-state index contributed by atoms with van der Waals surface area (Å²) in [5.74, 6) is 0.653. The number of fused-ring (bicyclic) bond motifs is 1. The van der Waals surface area contributed by atoms with Crippen LogP contribution in [-0.4, -0.2) is 17.9 Å². The van der Waals surface area contributed by atoms with Gasteiger partial charge in [-0.1, -0.05) is 56.3 Å². The molecule has 1 aliphatic rings. The molecule has 0 radical (unpaired) electrons. The normalized spacial score (nSPS) is 18.0. The molecule has 0 aliphatic carbocycles. The minimum absolute atomic E-state index is 0.120. The van der Waals surface area contributed by atoms with Crippen molar-refractivity contribution >= 4 is 5.91 Å². The summed E-state index contributed by atoms with van der Waals surface area (Å²) in [6, 6.07) is 16.8. The van der Waals surface area contributed by atoms with E-state index >= 15 is 0 Å². The van der Waals surface area contributed by atoms with Crippen LogP contribution in [-0.2, 0) is 6.42 Å². The zero-order chi connectivity index (χ0) is 15.0. The monoisotopic (exact) mass is 279 g/mol. The van der Waals surface area contributed by atoms with Gasteiger partial charge in [-0.25, -0.2) is 0 Å². The molecule has 1 heterocycles. The molecular formula is C19H21NO. The summed E-state index contributed by atoms with van der Waals surface area (Å²) in [4.78, 5) is 14.4. The molecule has 1 amide bonds. The third-order valence-electron chi connectivity index (χ3n) is 4.44. The quantitative estimate of drug-likeness (QED) is 0.807.